The van der Waals surface area contributed by atoms with Gasteiger partial charge in [-0.2, -0.15) is 0 Å². The summed E-state index contributed by atoms with van der Waals surface area (Å²) in [6.45, 7) is 0. The van der Waals surface area contributed by atoms with Gasteiger partial charge in [-0.3, -0.25) is 4.68 Å². The quantitative estimate of drug-likeness (QED) is 0.903. The van der Waals surface area contributed by atoms with Crippen LogP contribution in [0.4, 0.5) is 0 Å². The standard InChI is InChI=1S/C8H8Cl2N4S/c1-14-5(3-12-13-14)7(11)4-2-6(9)15-8(4)10/h2-3,7H,11H2,1H3. The van der Waals surface area contributed by atoms with Gasteiger partial charge in [-0.15, -0.1) is 16.4 Å². The summed E-state index contributed by atoms with van der Waals surface area (Å²) in [5.74, 6) is 0. The van der Waals surface area contributed by atoms with Crippen LogP contribution in [0.3, 0.4) is 0 Å². The van der Waals surface area contributed by atoms with Crippen LogP contribution >= 0.6 is 34.5 Å². The molecule has 0 aromatic carbocycles. The number of nitrogens with zero attached hydrogens (tertiary/aromatic N) is 3. The second kappa shape index (κ2) is 4.09. The Morgan fingerprint density at radius 1 is 1.53 bits per heavy atom. The smallest absolute Gasteiger partial charge is 0.0995 e. The number of thiophene rings is 1. The van der Waals surface area contributed by atoms with Crippen LogP contribution in [0.15, 0.2) is 12.3 Å². The lowest BCUT2D eigenvalue weighted by Gasteiger charge is -2.09. The molecule has 7 heteroatoms. The van der Waals surface area contributed by atoms with Crippen molar-refractivity contribution in [2.75, 3.05) is 0 Å². The summed E-state index contributed by atoms with van der Waals surface area (Å²) in [6, 6.07) is 1.42. The highest BCUT2D eigenvalue weighted by molar-refractivity contribution is 7.20. The first kappa shape index (κ1) is 10.9. The van der Waals surface area contributed by atoms with E-state index in [1.54, 1.807) is 24.0 Å². The molecule has 80 valence electrons. The molecule has 2 aromatic rings. The van der Waals surface area contributed by atoms with E-state index in [2.05, 4.69) is 10.3 Å². The van der Waals surface area contributed by atoms with E-state index in [0.29, 0.717) is 8.67 Å². The van der Waals surface area contributed by atoms with Gasteiger partial charge in [0.15, 0.2) is 0 Å². The number of rotatable bonds is 2. The largest absolute Gasteiger partial charge is 0.319 e. The Balaban J connectivity index is 2.40. The molecule has 1 unspecified atom stereocenters. The van der Waals surface area contributed by atoms with Crippen LogP contribution in [0.1, 0.15) is 17.3 Å². The molecule has 0 aliphatic rings. The van der Waals surface area contributed by atoms with E-state index in [1.165, 1.54) is 11.3 Å². The highest BCUT2D eigenvalue weighted by Gasteiger charge is 2.18. The van der Waals surface area contributed by atoms with Crippen molar-refractivity contribution in [3.05, 3.63) is 32.2 Å². The first-order valence-corrected chi connectivity index (χ1v) is 5.71. The van der Waals surface area contributed by atoms with Gasteiger partial charge in [0.1, 0.15) is 0 Å². The van der Waals surface area contributed by atoms with E-state index in [-0.39, 0.29) is 6.04 Å². The molecule has 0 aliphatic heterocycles. The van der Waals surface area contributed by atoms with Crippen LogP contribution < -0.4 is 5.73 Å². The van der Waals surface area contributed by atoms with Gasteiger partial charge in [-0.25, -0.2) is 0 Å². The van der Waals surface area contributed by atoms with Crippen LogP contribution in [-0.4, -0.2) is 15.0 Å². The predicted octanol–water partition coefficient (Wildman–Crippen LogP) is 2.23. The number of aromatic nitrogens is 3. The Bertz CT molecular complexity index is 479. The first-order valence-electron chi connectivity index (χ1n) is 4.14. The first-order chi connectivity index (χ1) is 7.09. The van der Waals surface area contributed by atoms with Gasteiger partial charge in [-0.05, 0) is 6.07 Å². The molecule has 2 aromatic heterocycles. The molecular formula is C8H8Cl2N4S. The monoisotopic (exact) mass is 262 g/mol. The van der Waals surface area contributed by atoms with Crippen LogP contribution in [0.2, 0.25) is 8.67 Å². The fourth-order valence-electron chi connectivity index (χ4n) is 1.30. The van der Waals surface area contributed by atoms with E-state index in [0.717, 1.165) is 11.3 Å². The van der Waals surface area contributed by atoms with Crippen molar-refractivity contribution in [2.45, 2.75) is 6.04 Å². The summed E-state index contributed by atoms with van der Waals surface area (Å²) in [5, 5.41) is 7.58. The van der Waals surface area contributed by atoms with E-state index >= 15 is 0 Å². The molecule has 0 saturated carbocycles. The van der Waals surface area contributed by atoms with Crippen molar-refractivity contribution in [3.8, 4) is 0 Å². The normalized spacial score (nSPS) is 13.1. The Morgan fingerprint density at radius 3 is 2.73 bits per heavy atom. The summed E-state index contributed by atoms with van der Waals surface area (Å²) >= 11 is 13.2. The molecule has 0 spiro atoms. The lowest BCUT2D eigenvalue weighted by Crippen LogP contribution is -2.15. The van der Waals surface area contributed by atoms with E-state index in [4.69, 9.17) is 28.9 Å². The second-order valence-corrected chi connectivity index (χ2v) is 5.33. The van der Waals surface area contributed by atoms with Crippen molar-refractivity contribution in [3.63, 3.8) is 0 Å². The number of hydrogen-bond donors (Lipinski definition) is 1. The number of halogens is 2. The molecule has 2 N–H and O–H groups in total. The van der Waals surface area contributed by atoms with Gasteiger partial charge in [0, 0.05) is 12.6 Å². The third kappa shape index (κ3) is 2.01. The zero-order chi connectivity index (χ0) is 11.0. The Morgan fingerprint density at radius 2 is 2.27 bits per heavy atom. The minimum absolute atomic E-state index is 0.346. The molecule has 15 heavy (non-hydrogen) atoms. The van der Waals surface area contributed by atoms with Crippen molar-refractivity contribution in [1.29, 1.82) is 0 Å². The molecule has 2 rings (SSSR count). The van der Waals surface area contributed by atoms with Crippen LogP contribution in [-0.2, 0) is 7.05 Å². The molecule has 0 amide bonds. The summed E-state index contributed by atoms with van der Waals surface area (Å²) < 4.78 is 2.85. The number of aryl methyl sites for hydroxylation is 1. The Labute approximate surface area is 101 Å². The van der Waals surface area contributed by atoms with Crippen LogP contribution in [0.5, 0.6) is 0 Å². The summed E-state index contributed by atoms with van der Waals surface area (Å²) in [5.41, 5.74) is 7.64. The van der Waals surface area contributed by atoms with Gasteiger partial charge in [0.25, 0.3) is 0 Å². The third-order valence-electron chi connectivity index (χ3n) is 2.09. The fraction of sp³-hybridized carbons (Fsp3) is 0.250. The molecule has 0 saturated heterocycles. The zero-order valence-corrected chi connectivity index (χ0v) is 10.1. The Hall–Kier alpha value is -0.620. The SMILES string of the molecule is Cn1nncc1C(N)c1cc(Cl)sc1Cl. The molecule has 1 atom stereocenters. The minimum Gasteiger partial charge on any atom is -0.319 e. The van der Waals surface area contributed by atoms with Crippen molar-refractivity contribution < 1.29 is 0 Å². The second-order valence-electron chi connectivity index (χ2n) is 3.04. The zero-order valence-electron chi connectivity index (χ0n) is 7.82. The average molecular weight is 263 g/mol. The molecular weight excluding hydrogens is 255 g/mol. The van der Waals surface area contributed by atoms with Crippen LogP contribution in [0, 0.1) is 0 Å². The van der Waals surface area contributed by atoms with Crippen molar-refractivity contribution in [2.24, 2.45) is 12.8 Å². The van der Waals surface area contributed by atoms with Gasteiger partial charge < -0.3 is 5.73 Å². The third-order valence-corrected chi connectivity index (χ3v) is 3.60. The molecule has 0 fully saturated rings. The minimum atomic E-state index is -0.346. The summed E-state index contributed by atoms with van der Waals surface area (Å²) in [4.78, 5) is 0. The maximum Gasteiger partial charge on any atom is 0.0995 e. The van der Waals surface area contributed by atoms with Crippen molar-refractivity contribution in [1.82, 2.24) is 15.0 Å². The van der Waals surface area contributed by atoms with Gasteiger partial charge in [0.05, 0.1) is 26.6 Å². The molecule has 4 nitrogen and oxygen atoms in total. The van der Waals surface area contributed by atoms with E-state index < -0.39 is 0 Å². The van der Waals surface area contributed by atoms with Crippen molar-refractivity contribution >= 4 is 34.5 Å². The number of hydrogen-bond acceptors (Lipinski definition) is 4. The highest BCUT2D eigenvalue weighted by atomic mass is 35.5. The Kier molecular flexibility index (Phi) is 2.97. The summed E-state index contributed by atoms with van der Waals surface area (Å²) in [6.07, 6.45) is 1.62. The average Bonchev–Trinajstić information content (AvgIpc) is 2.71. The lowest BCUT2D eigenvalue weighted by molar-refractivity contribution is 0.652. The maximum absolute atomic E-state index is 6.04. The fourth-order valence-corrected chi connectivity index (χ4v) is 2.85. The van der Waals surface area contributed by atoms with E-state index in [1.807, 2.05) is 0 Å². The molecule has 0 radical (unpaired) electrons. The molecule has 0 bridgehead atoms. The maximum atomic E-state index is 6.04. The molecule has 0 aliphatic carbocycles. The van der Waals surface area contributed by atoms with E-state index in [9.17, 15) is 0 Å². The topological polar surface area (TPSA) is 56.7 Å². The lowest BCUT2D eigenvalue weighted by atomic mass is 10.1. The molecule has 2 heterocycles. The number of nitrogens with two attached hydrogens (primary N) is 1. The van der Waals surface area contributed by atoms with Gasteiger partial charge >= 0.3 is 0 Å². The summed E-state index contributed by atoms with van der Waals surface area (Å²) in [7, 11) is 1.78. The van der Waals surface area contributed by atoms with Gasteiger partial charge in [-0.1, -0.05) is 28.4 Å². The highest BCUT2D eigenvalue weighted by Crippen LogP contribution is 2.35. The van der Waals surface area contributed by atoms with Gasteiger partial charge in [0.2, 0.25) is 0 Å². The predicted molar refractivity (Wildman–Crippen MR) is 61.4 cm³/mol. The van der Waals surface area contributed by atoms with Crippen LogP contribution in [0.25, 0.3) is 0 Å².